The van der Waals surface area contributed by atoms with Crippen molar-refractivity contribution in [3.63, 3.8) is 0 Å². The average molecular weight is 202 g/mol. The third-order valence-electron chi connectivity index (χ3n) is 3.12. The van der Waals surface area contributed by atoms with Crippen LogP contribution in [0.5, 0.6) is 0 Å². The van der Waals surface area contributed by atoms with Crippen LogP contribution < -0.4 is 0 Å². The van der Waals surface area contributed by atoms with Crippen LogP contribution >= 0.6 is 0 Å². The maximum Gasteiger partial charge on any atom is 0.199 e. The molecule has 2 N–H and O–H groups in total. The molecule has 0 bridgehead atoms. The van der Waals surface area contributed by atoms with Crippen molar-refractivity contribution in [3.05, 3.63) is 0 Å². The Morgan fingerprint density at radius 1 is 0.643 bits per heavy atom. The molecule has 0 aliphatic heterocycles. The number of hydrogen-bond acceptors (Lipinski definition) is 4. The van der Waals surface area contributed by atoms with E-state index in [2.05, 4.69) is 0 Å². The molecule has 0 heterocycles. The molecule has 0 atom stereocenters. The highest BCUT2D eigenvalue weighted by atomic mass is 17.2. The van der Waals surface area contributed by atoms with Gasteiger partial charge in [0.05, 0.1) is 0 Å². The topological polar surface area (TPSA) is 58.9 Å². The van der Waals surface area contributed by atoms with Gasteiger partial charge in [-0.05, 0) is 25.7 Å². The van der Waals surface area contributed by atoms with Crippen LogP contribution in [0, 0.1) is 0 Å². The lowest BCUT2D eigenvalue weighted by Crippen LogP contribution is -2.36. The number of hydrogen-bond donors (Lipinski definition) is 2. The van der Waals surface area contributed by atoms with Gasteiger partial charge in [-0.3, -0.25) is 0 Å². The summed E-state index contributed by atoms with van der Waals surface area (Å²) in [5.41, 5.74) is 0. The first-order valence-corrected chi connectivity index (χ1v) is 5.44. The van der Waals surface area contributed by atoms with Crippen LogP contribution in [0.1, 0.15) is 51.4 Å². The highest BCUT2D eigenvalue weighted by Crippen LogP contribution is 2.35. The van der Waals surface area contributed by atoms with Crippen LogP contribution in [-0.4, -0.2) is 21.8 Å². The first-order valence-electron chi connectivity index (χ1n) is 5.44. The molecule has 0 amide bonds. The summed E-state index contributed by atoms with van der Waals surface area (Å²) in [4.78, 5) is 9.97. The van der Waals surface area contributed by atoms with E-state index in [1.807, 2.05) is 0 Å². The molecule has 2 aliphatic carbocycles. The Balaban J connectivity index is 1.80. The van der Waals surface area contributed by atoms with Gasteiger partial charge in [0.1, 0.15) is 0 Å². The second-order valence-corrected chi connectivity index (χ2v) is 4.47. The molecule has 0 aromatic heterocycles. The summed E-state index contributed by atoms with van der Waals surface area (Å²) in [5.74, 6) is -2.31. The quantitative estimate of drug-likeness (QED) is 0.413. The van der Waals surface area contributed by atoms with E-state index in [0.29, 0.717) is 25.7 Å². The summed E-state index contributed by atoms with van der Waals surface area (Å²) in [6.07, 6.45) is 6.23. The summed E-state index contributed by atoms with van der Waals surface area (Å²) in [7, 11) is 0. The Morgan fingerprint density at radius 3 is 1.21 bits per heavy atom. The van der Waals surface area contributed by atoms with E-state index in [4.69, 9.17) is 9.78 Å². The lowest BCUT2D eigenvalue weighted by atomic mass is 10.2. The van der Waals surface area contributed by atoms with Gasteiger partial charge in [-0.2, -0.15) is 9.78 Å². The molecular formula is C10H18O4. The maximum absolute atomic E-state index is 9.81. The van der Waals surface area contributed by atoms with Crippen molar-refractivity contribution in [2.45, 2.75) is 62.9 Å². The monoisotopic (exact) mass is 202 g/mol. The molecule has 4 heteroatoms. The van der Waals surface area contributed by atoms with Crippen molar-refractivity contribution in [1.29, 1.82) is 0 Å². The highest BCUT2D eigenvalue weighted by Gasteiger charge is 2.39. The molecule has 0 aromatic carbocycles. The summed E-state index contributed by atoms with van der Waals surface area (Å²) < 4.78 is 0. The molecule has 0 aromatic rings. The van der Waals surface area contributed by atoms with Crippen LogP contribution in [0.2, 0.25) is 0 Å². The normalized spacial score (nSPS) is 29.6. The molecule has 2 saturated carbocycles. The van der Waals surface area contributed by atoms with Crippen LogP contribution in [0.25, 0.3) is 0 Å². The minimum atomic E-state index is -1.15. The smallest absolute Gasteiger partial charge is 0.199 e. The zero-order valence-electron chi connectivity index (χ0n) is 8.37. The molecule has 0 radical (unpaired) electrons. The van der Waals surface area contributed by atoms with E-state index < -0.39 is 11.6 Å². The third-order valence-corrected chi connectivity index (χ3v) is 3.12. The lowest BCUT2D eigenvalue weighted by Gasteiger charge is -2.27. The molecule has 2 fully saturated rings. The highest BCUT2D eigenvalue weighted by molar-refractivity contribution is 4.76. The van der Waals surface area contributed by atoms with E-state index >= 15 is 0 Å². The fourth-order valence-corrected chi connectivity index (χ4v) is 2.18. The molecule has 0 unspecified atom stereocenters. The van der Waals surface area contributed by atoms with Gasteiger partial charge in [0, 0.05) is 25.7 Å². The zero-order valence-corrected chi connectivity index (χ0v) is 8.37. The SMILES string of the molecule is OC1(OOC2(O)CCCC2)CCCC1. The Morgan fingerprint density at radius 2 is 0.929 bits per heavy atom. The molecule has 2 rings (SSSR count). The summed E-state index contributed by atoms with van der Waals surface area (Å²) in [6, 6.07) is 0. The van der Waals surface area contributed by atoms with Gasteiger partial charge in [-0.1, -0.05) is 0 Å². The van der Waals surface area contributed by atoms with Gasteiger partial charge in [-0.15, -0.1) is 0 Å². The van der Waals surface area contributed by atoms with E-state index in [0.717, 1.165) is 25.7 Å². The molecule has 2 aliphatic rings. The third kappa shape index (κ3) is 2.25. The van der Waals surface area contributed by atoms with Crippen molar-refractivity contribution in [3.8, 4) is 0 Å². The molecule has 14 heavy (non-hydrogen) atoms. The summed E-state index contributed by atoms with van der Waals surface area (Å²) >= 11 is 0. The van der Waals surface area contributed by atoms with Gasteiger partial charge >= 0.3 is 0 Å². The van der Waals surface area contributed by atoms with E-state index in [-0.39, 0.29) is 0 Å². The van der Waals surface area contributed by atoms with Gasteiger partial charge in [0.2, 0.25) is 0 Å². The van der Waals surface area contributed by atoms with Gasteiger partial charge in [0.15, 0.2) is 11.6 Å². The van der Waals surface area contributed by atoms with Crippen LogP contribution in [-0.2, 0) is 9.78 Å². The summed E-state index contributed by atoms with van der Waals surface area (Å²) in [5, 5.41) is 19.6. The lowest BCUT2D eigenvalue weighted by molar-refractivity contribution is -0.491. The van der Waals surface area contributed by atoms with Gasteiger partial charge in [0.25, 0.3) is 0 Å². The Labute approximate surface area is 83.8 Å². The van der Waals surface area contributed by atoms with E-state index in [9.17, 15) is 10.2 Å². The van der Waals surface area contributed by atoms with Crippen molar-refractivity contribution < 1.29 is 20.0 Å². The largest absolute Gasteiger partial charge is 0.363 e. The van der Waals surface area contributed by atoms with E-state index in [1.165, 1.54) is 0 Å². The Hall–Kier alpha value is -0.160. The van der Waals surface area contributed by atoms with Crippen LogP contribution in [0.4, 0.5) is 0 Å². The van der Waals surface area contributed by atoms with Crippen molar-refractivity contribution in [1.82, 2.24) is 0 Å². The molecule has 0 spiro atoms. The predicted octanol–water partition coefficient (Wildman–Crippen LogP) is 1.46. The van der Waals surface area contributed by atoms with Crippen molar-refractivity contribution in [2.75, 3.05) is 0 Å². The Kier molecular flexibility index (Phi) is 2.79. The fourth-order valence-electron chi connectivity index (χ4n) is 2.18. The van der Waals surface area contributed by atoms with Crippen molar-refractivity contribution in [2.24, 2.45) is 0 Å². The summed E-state index contributed by atoms with van der Waals surface area (Å²) in [6.45, 7) is 0. The van der Waals surface area contributed by atoms with Gasteiger partial charge < -0.3 is 10.2 Å². The zero-order chi connectivity index (χ0) is 10.1. The number of aliphatic hydroxyl groups is 2. The minimum absolute atomic E-state index is 0.600. The molecule has 4 nitrogen and oxygen atoms in total. The second-order valence-electron chi connectivity index (χ2n) is 4.47. The molecular weight excluding hydrogens is 184 g/mol. The van der Waals surface area contributed by atoms with Crippen LogP contribution in [0.15, 0.2) is 0 Å². The molecule has 0 saturated heterocycles. The first kappa shape index (κ1) is 10.4. The first-order chi connectivity index (χ1) is 6.62. The fraction of sp³-hybridized carbons (Fsp3) is 1.00. The molecule has 82 valence electrons. The van der Waals surface area contributed by atoms with E-state index in [1.54, 1.807) is 0 Å². The van der Waals surface area contributed by atoms with Gasteiger partial charge in [-0.25, -0.2) is 0 Å². The number of rotatable bonds is 3. The standard InChI is InChI=1S/C10H18O4/c11-9(5-1-2-6-9)13-14-10(12)7-3-4-8-10/h11-12H,1-8H2. The Bertz CT molecular complexity index is 170. The maximum atomic E-state index is 9.81. The average Bonchev–Trinajstić information content (AvgIpc) is 2.74. The van der Waals surface area contributed by atoms with Crippen LogP contribution in [0.3, 0.4) is 0 Å². The minimum Gasteiger partial charge on any atom is -0.363 e. The van der Waals surface area contributed by atoms with Crippen molar-refractivity contribution >= 4 is 0 Å². The predicted molar refractivity (Wildman–Crippen MR) is 49.0 cm³/mol. The second kappa shape index (κ2) is 3.77.